The topological polar surface area (TPSA) is 145 Å². The summed E-state index contributed by atoms with van der Waals surface area (Å²) in [7, 11) is -4.10. The first-order chi connectivity index (χ1) is 12.5. The first-order valence-electron chi connectivity index (χ1n) is 8.20. The lowest BCUT2D eigenvalue weighted by Gasteiger charge is -2.26. The highest BCUT2D eigenvalue weighted by molar-refractivity contribution is 7.88. The molecule has 1 aliphatic rings. The molecule has 0 bridgehead atoms. The summed E-state index contributed by atoms with van der Waals surface area (Å²) in [5.41, 5.74) is 1.11. The summed E-state index contributed by atoms with van der Waals surface area (Å²) < 4.78 is 27.3. The monoisotopic (exact) mass is 398 g/mol. The molecule has 1 aromatic carbocycles. The number of hydrogen-bond acceptors (Lipinski definition) is 6. The molecule has 1 aromatic rings. The number of carbonyl (C=O) groups excluding carboxylic acids is 2. The summed E-state index contributed by atoms with van der Waals surface area (Å²) in [6, 6.07) is 5.32. The molecule has 1 fully saturated rings. The summed E-state index contributed by atoms with van der Waals surface area (Å²) in [5.74, 6) is -2.62. The molecule has 148 valence electrons. The molecule has 10 nitrogen and oxygen atoms in total. The van der Waals surface area contributed by atoms with E-state index in [1.807, 2.05) is 4.72 Å². The van der Waals surface area contributed by atoms with Gasteiger partial charge < -0.3 is 10.4 Å². The van der Waals surface area contributed by atoms with Gasteiger partial charge in [-0.3, -0.25) is 19.7 Å². The maximum atomic E-state index is 12.3. The van der Waals surface area contributed by atoms with Crippen molar-refractivity contribution in [1.29, 1.82) is 0 Å². The van der Waals surface area contributed by atoms with E-state index in [0.717, 1.165) is 4.31 Å². The van der Waals surface area contributed by atoms with Crippen molar-refractivity contribution in [3.8, 4) is 0 Å². The molecule has 0 radical (unpaired) electrons. The van der Waals surface area contributed by atoms with Crippen LogP contribution in [0.25, 0.3) is 0 Å². The number of rotatable bonds is 7. The average molecular weight is 398 g/mol. The van der Waals surface area contributed by atoms with Gasteiger partial charge in [0, 0.05) is 19.2 Å². The van der Waals surface area contributed by atoms with Gasteiger partial charge in [-0.25, -0.2) is 4.72 Å². The molecule has 2 amide bonds. The second-order valence-corrected chi connectivity index (χ2v) is 8.15. The van der Waals surface area contributed by atoms with Crippen LogP contribution in [0.4, 0.5) is 5.69 Å². The van der Waals surface area contributed by atoms with Gasteiger partial charge in [0.2, 0.25) is 5.91 Å². The summed E-state index contributed by atoms with van der Waals surface area (Å²) in [4.78, 5) is 34.6. The highest BCUT2D eigenvalue weighted by atomic mass is 32.2. The molecule has 0 saturated carbocycles. The Kier molecular flexibility index (Phi) is 6.19. The fourth-order valence-electron chi connectivity index (χ4n) is 2.64. The van der Waals surface area contributed by atoms with E-state index in [1.54, 1.807) is 38.1 Å². The van der Waals surface area contributed by atoms with E-state index in [1.165, 1.54) is 6.92 Å². The van der Waals surface area contributed by atoms with Crippen molar-refractivity contribution in [2.75, 3.05) is 5.32 Å². The van der Waals surface area contributed by atoms with E-state index in [9.17, 15) is 27.9 Å². The molecule has 1 heterocycles. The molecule has 1 saturated heterocycles. The second-order valence-electron chi connectivity index (χ2n) is 6.52. The zero-order chi connectivity index (χ0) is 20.4. The van der Waals surface area contributed by atoms with Crippen molar-refractivity contribution in [3.05, 3.63) is 29.8 Å². The van der Waals surface area contributed by atoms with Crippen molar-refractivity contribution in [2.24, 2.45) is 5.92 Å². The zero-order valence-corrected chi connectivity index (χ0v) is 15.9. The van der Waals surface area contributed by atoms with E-state index in [-0.39, 0.29) is 18.4 Å². The number of benzene rings is 1. The standard InChI is InChI=1S/C16H22N4O6S/c1-9(2)13(16(23)24)18-14-15(22)19-27(25,26)20(14)8-11-4-6-12(7-5-11)17-10(3)21/h4-7,9,13-14,18H,8H2,1-3H3,(H,17,21)(H,19,22)(H,23,24)/t13-,14+/m0/s1. The Morgan fingerprint density at radius 2 is 1.85 bits per heavy atom. The van der Waals surface area contributed by atoms with E-state index < -0.39 is 34.3 Å². The highest BCUT2D eigenvalue weighted by Gasteiger charge is 2.45. The Bertz CT molecular complexity index is 837. The van der Waals surface area contributed by atoms with Crippen molar-refractivity contribution < 1.29 is 27.9 Å². The van der Waals surface area contributed by atoms with E-state index in [2.05, 4.69) is 10.6 Å². The minimum absolute atomic E-state index is 0.149. The number of carboxylic acids is 1. The van der Waals surface area contributed by atoms with Crippen LogP contribution in [0.3, 0.4) is 0 Å². The predicted octanol–water partition coefficient (Wildman–Crippen LogP) is -0.153. The van der Waals surface area contributed by atoms with E-state index in [0.29, 0.717) is 11.3 Å². The first-order valence-corrected chi connectivity index (χ1v) is 9.64. The number of amides is 2. The van der Waals surface area contributed by atoms with Gasteiger partial charge >= 0.3 is 16.2 Å². The third-order valence-corrected chi connectivity index (χ3v) is 5.37. The molecular weight excluding hydrogens is 376 g/mol. The number of aliphatic carboxylic acids is 1. The predicted molar refractivity (Wildman–Crippen MR) is 96.5 cm³/mol. The Morgan fingerprint density at radius 1 is 1.26 bits per heavy atom. The molecule has 0 aliphatic carbocycles. The Balaban J connectivity index is 2.23. The lowest BCUT2D eigenvalue weighted by Crippen LogP contribution is -2.54. The van der Waals surface area contributed by atoms with Gasteiger partial charge in [-0.15, -0.1) is 0 Å². The van der Waals surface area contributed by atoms with E-state index >= 15 is 0 Å². The average Bonchev–Trinajstić information content (AvgIpc) is 2.74. The van der Waals surface area contributed by atoms with Crippen LogP contribution in [0, 0.1) is 5.92 Å². The normalized spacial score (nSPS) is 20.3. The van der Waals surface area contributed by atoms with Crippen LogP contribution in [0.5, 0.6) is 0 Å². The molecule has 4 N–H and O–H groups in total. The summed E-state index contributed by atoms with van der Waals surface area (Å²) >= 11 is 0. The fraction of sp³-hybridized carbons (Fsp3) is 0.438. The maximum Gasteiger partial charge on any atom is 0.321 e. The molecule has 2 rings (SSSR count). The number of carbonyl (C=O) groups is 3. The molecule has 0 aromatic heterocycles. The van der Waals surface area contributed by atoms with Crippen LogP contribution >= 0.6 is 0 Å². The lowest BCUT2D eigenvalue weighted by atomic mass is 10.0. The summed E-state index contributed by atoms with van der Waals surface area (Å²) in [6.45, 7) is 4.52. The van der Waals surface area contributed by atoms with Crippen molar-refractivity contribution in [3.63, 3.8) is 0 Å². The highest BCUT2D eigenvalue weighted by Crippen LogP contribution is 2.20. The minimum atomic E-state index is -4.10. The molecule has 2 atom stereocenters. The quantitative estimate of drug-likeness (QED) is 0.500. The van der Waals surface area contributed by atoms with E-state index in [4.69, 9.17) is 0 Å². The number of hydrogen-bond donors (Lipinski definition) is 4. The molecule has 1 aliphatic heterocycles. The Labute approximate surface area is 157 Å². The number of nitrogens with zero attached hydrogens (tertiary/aromatic N) is 1. The van der Waals surface area contributed by atoms with Crippen LogP contribution in [0.2, 0.25) is 0 Å². The van der Waals surface area contributed by atoms with Crippen LogP contribution < -0.4 is 15.4 Å². The smallest absolute Gasteiger partial charge is 0.321 e. The van der Waals surface area contributed by atoms with Gasteiger partial charge in [-0.05, 0) is 23.6 Å². The molecule has 0 spiro atoms. The number of anilines is 1. The van der Waals surface area contributed by atoms with Crippen LogP contribution in [0.15, 0.2) is 24.3 Å². The van der Waals surface area contributed by atoms with Crippen LogP contribution in [-0.2, 0) is 31.1 Å². The summed E-state index contributed by atoms with van der Waals surface area (Å²) in [5, 5.41) is 14.5. The van der Waals surface area contributed by atoms with Crippen LogP contribution in [-0.4, -0.2) is 47.8 Å². The van der Waals surface area contributed by atoms with Crippen molar-refractivity contribution in [2.45, 2.75) is 39.5 Å². The van der Waals surface area contributed by atoms with Gasteiger partial charge in [0.15, 0.2) is 6.17 Å². The minimum Gasteiger partial charge on any atom is -0.480 e. The molecule has 0 unspecified atom stereocenters. The van der Waals surface area contributed by atoms with Gasteiger partial charge in [0.1, 0.15) is 6.04 Å². The van der Waals surface area contributed by atoms with Gasteiger partial charge in [-0.2, -0.15) is 12.7 Å². The van der Waals surface area contributed by atoms with Crippen molar-refractivity contribution in [1.82, 2.24) is 14.3 Å². The molecular formula is C16H22N4O6S. The van der Waals surface area contributed by atoms with Crippen LogP contribution in [0.1, 0.15) is 26.3 Å². The third-order valence-electron chi connectivity index (χ3n) is 3.96. The largest absolute Gasteiger partial charge is 0.480 e. The maximum absolute atomic E-state index is 12.3. The third kappa shape index (κ3) is 5.02. The molecule has 11 heteroatoms. The number of nitrogens with one attached hydrogen (secondary N) is 3. The van der Waals surface area contributed by atoms with Gasteiger partial charge in [-0.1, -0.05) is 26.0 Å². The van der Waals surface area contributed by atoms with Gasteiger partial charge in [0.25, 0.3) is 5.91 Å². The lowest BCUT2D eigenvalue weighted by molar-refractivity contribution is -0.141. The second kappa shape index (κ2) is 8.03. The number of carboxylic acid groups (broad SMARTS) is 1. The Morgan fingerprint density at radius 3 is 2.33 bits per heavy atom. The Hall–Kier alpha value is -2.50. The first kappa shape index (κ1) is 20.8. The summed E-state index contributed by atoms with van der Waals surface area (Å²) in [6.07, 6.45) is -1.34. The van der Waals surface area contributed by atoms with Crippen molar-refractivity contribution >= 4 is 33.7 Å². The fourth-order valence-corrected chi connectivity index (χ4v) is 3.88. The zero-order valence-electron chi connectivity index (χ0n) is 15.1. The SMILES string of the molecule is CC(=O)Nc1ccc(CN2[C@@H](N[C@H](C(=O)O)C(C)C)C(=O)NS2(=O)=O)cc1. The van der Waals surface area contributed by atoms with Gasteiger partial charge in [0.05, 0.1) is 0 Å². The molecule has 27 heavy (non-hydrogen) atoms.